The van der Waals surface area contributed by atoms with Gasteiger partial charge in [-0.25, -0.2) is 0 Å². The molecule has 2 nitrogen and oxygen atoms in total. The molecule has 1 atom stereocenters. The average molecular weight is 260 g/mol. The first kappa shape index (κ1) is 14.4. The summed E-state index contributed by atoms with van der Waals surface area (Å²) in [6, 6.07) is 11.5. The maximum Gasteiger partial charge on any atom is 0.0366 e. The van der Waals surface area contributed by atoms with E-state index in [0.717, 1.165) is 19.0 Å². The second-order valence-corrected chi connectivity index (χ2v) is 5.64. The molecule has 19 heavy (non-hydrogen) atoms. The molecule has 0 bridgehead atoms. The number of nitrogens with zero attached hydrogens (tertiary/aromatic N) is 1. The van der Waals surface area contributed by atoms with E-state index in [1.165, 1.54) is 37.9 Å². The predicted octanol–water partition coefficient (Wildman–Crippen LogP) is 3.68. The molecule has 0 amide bonds. The minimum absolute atomic E-state index is 0.669. The number of nitrogens with one attached hydrogen (secondary N) is 1. The molecule has 0 saturated heterocycles. The average Bonchev–Trinajstić information content (AvgIpc) is 3.28. The molecule has 1 aliphatic carbocycles. The van der Waals surface area contributed by atoms with Crippen molar-refractivity contribution in [3.05, 3.63) is 30.3 Å². The fraction of sp³-hybridized carbons (Fsp3) is 0.647. The minimum atomic E-state index is 0.669. The molecule has 1 saturated carbocycles. The largest absolute Gasteiger partial charge is 0.370 e. The minimum Gasteiger partial charge on any atom is -0.370 e. The Bertz CT molecular complexity index is 346. The van der Waals surface area contributed by atoms with Gasteiger partial charge in [-0.1, -0.05) is 38.5 Å². The predicted molar refractivity (Wildman–Crippen MR) is 83.8 cm³/mol. The molecule has 1 aromatic rings. The van der Waals surface area contributed by atoms with Gasteiger partial charge in [-0.3, -0.25) is 0 Å². The fourth-order valence-electron chi connectivity index (χ4n) is 2.69. The summed E-state index contributed by atoms with van der Waals surface area (Å²) in [7, 11) is 0. The monoisotopic (exact) mass is 260 g/mol. The Morgan fingerprint density at radius 3 is 2.53 bits per heavy atom. The molecular weight excluding hydrogens is 232 g/mol. The lowest BCUT2D eigenvalue weighted by Gasteiger charge is -2.30. The van der Waals surface area contributed by atoms with Gasteiger partial charge in [0.2, 0.25) is 0 Å². The van der Waals surface area contributed by atoms with E-state index in [1.54, 1.807) is 0 Å². The SMILES string of the molecule is CCCCN(CC(NCC)C1CC1)c1ccccc1. The van der Waals surface area contributed by atoms with Gasteiger partial charge in [-0.2, -0.15) is 0 Å². The van der Waals surface area contributed by atoms with Crippen LogP contribution in [0, 0.1) is 5.92 Å². The number of rotatable bonds is 9. The highest BCUT2D eigenvalue weighted by Gasteiger charge is 2.31. The van der Waals surface area contributed by atoms with E-state index in [2.05, 4.69) is 54.4 Å². The number of hydrogen-bond donors (Lipinski definition) is 1. The van der Waals surface area contributed by atoms with E-state index in [1.807, 2.05) is 0 Å². The third-order valence-corrected chi connectivity index (χ3v) is 3.98. The van der Waals surface area contributed by atoms with Crippen LogP contribution in [0.4, 0.5) is 5.69 Å². The molecule has 1 unspecified atom stereocenters. The molecule has 0 aliphatic heterocycles. The molecule has 1 fully saturated rings. The summed E-state index contributed by atoms with van der Waals surface area (Å²) in [4.78, 5) is 2.56. The van der Waals surface area contributed by atoms with Gasteiger partial charge in [0.05, 0.1) is 0 Å². The fourth-order valence-corrected chi connectivity index (χ4v) is 2.69. The van der Waals surface area contributed by atoms with Crippen molar-refractivity contribution < 1.29 is 0 Å². The zero-order chi connectivity index (χ0) is 13.5. The number of likely N-dealkylation sites (N-methyl/N-ethyl adjacent to an activating group) is 1. The first-order valence-corrected chi connectivity index (χ1v) is 7.88. The number of benzene rings is 1. The Kier molecular flexibility index (Phi) is 5.71. The van der Waals surface area contributed by atoms with Crippen LogP contribution >= 0.6 is 0 Å². The third kappa shape index (κ3) is 4.54. The molecule has 1 N–H and O–H groups in total. The molecule has 106 valence electrons. The smallest absolute Gasteiger partial charge is 0.0366 e. The van der Waals surface area contributed by atoms with Gasteiger partial charge >= 0.3 is 0 Å². The first-order valence-electron chi connectivity index (χ1n) is 7.88. The summed E-state index contributed by atoms with van der Waals surface area (Å²) >= 11 is 0. The standard InChI is InChI=1S/C17H28N2/c1-3-5-13-19(16-9-7-6-8-10-16)14-17(18-4-2)15-11-12-15/h6-10,15,17-18H,3-5,11-14H2,1-2H3. The summed E-state index contributed by atoms with van der Waals surface area (Å²) < 4.78 is 0. The van der Waals surface area contributed by atoms with Crippen LogP contribution in [-0.2, 0) is 0 Å². The van der Waals surface area contributed by atoms with Crippen LogP contribution < -0.4 is 10.2 Å². The maximum absolute atomic E-state index is 3.68. The Morgan fingerprint density at radius 2 is 1.95 bits per heavy atom. The van der Waals surface area contributed by atoms with Gasteiger partial charge in [0.1, 0.15) is 0 Å². The van der Waals surface area contributed by atoms with Gasteiger partial charge in [0, 0.05) is 24.8 Å². The van der Waals surface area contributed by atoms with Gasteiger partial charge in [0.25, 0.3) is 0 Å². The molecule has 0 radical (unpaired) electrons. The highest BCUT2D eigenvalue weighted by atomic mass is 15.2. The van der Waals surface area contributed by atoms with Crippen LogP contribution in [0.2, 0.25) is 0 Å². The van der Waals surface area contributed by atoms with Crippen molar-refractivity contribution in [2.45, 2.75) is 45.6 Å². The summed E-state index contributed by atoms with van der Waals surface area (Å²) in [5.41, 5.74) is 1.37. The van der Waals surface area contributed by atoms with Crippen molar-refractivity contribution in [1.82, 2.24) is 5.32 Å². The number of unbranched alkanes of at least 4 members (excludes halogenated alkanes) is 1. The number of anilines is 1. The van der Waals surface area contributed by atoms with E-state index in [4.69, 9.17) is 0 Å². The second-order valence-electron chi connectivity index (χ2n) is 5.64. The number of hydrogen-bond acceptors (Lipinski definition) is 2. The van der Waals surface area contributed by atoms with Crippen LogP contribution in [0.25, 0.3) is 0 Å². The molecule has 0 spiro atoms. The van der Waals surface area contributed by atoms with Crippen molar-refractivity contribution >= 4 is 5.69 Å². The van der Waals surface area contributed by atoms with E-state index in [-0.39, 0.29) is 0 Å². The molecule has 1 aromatic carbocycles. The van der Waals surface area contributed by atoms with Gasteiger partial charge in [-0.15, -0.1) is 0 Å². The highest BCUT2D eigenvalue weighted by Crippen LogP contribution is 2.33. The van der Waals surface area contributed by atoms with Crippen molar-refractivity contribution in [3.8, 4) is 0 Å². The lowest BCUT2D eigenvalue weighted by Crippen LogP contribution is -2.43. The van der Waals surface area contributed by atoms with Crippen molar-refractivity contribution in [2.75, 3.05) is 24.5 Å². The lowest BCUT2D eigenvalue weighted by atomic mass is 10.1. The molecule has 1 aliphatic rings. The van der Waals surface area contributed by atoms with E-state index < -0.39 is 0 Å². The zero-order valence-electron chi connectivity index (χ0n) is 12.4. The van der Waals surface area contributed by atoms with Crippen LogP contribution in [-0.4, -0.2) is 25.7 Å². The third-order valence-electron chi connectivity index (χ3n) is 3.98. The van der Waals surface area contributed by atoms with Crippen LogP contribution in [0.1, 0.15) is 39.5 Å². The quantitative estimate of drug-likeness (QED) is 0.728. The van der Waals surface area contributed by atoms with Crippen LogP contribution in [0.15, 0.2) is 30.3 Å². The zero-order valence-corrected chi connectivity index (χ0v) is 12.4. The molecular formula is C17H28N2. The number of para-hydroxylation sites is 1. The topological polar surface area (TPSA) is 15.3 Å². The van der Waals surface area contributed by atoms with Crippen molar-refractivity contribution in [1.29, 1.82) is 0 Å². The molecule has 2 rings (SSSR count). The summed E-state index contributed by atoms with van der Waals surface area (Å²) in [6.07, 6.45) is 5.36. The summed E-state index contributed by atoms with van der Waals surface area (Å²) in [6.45, 7) is 7.90. The van der Waals surface area contributed by atoms with Gasteiger partial charge in [0.15, 0.2) is 0 Å². The van der Waals surface area contributed by atoms with E-state index in [9.17, 15) is 0 Å². The second kappa shape index (κ2) is 7.54. The van der Waals surface area contributed by atoms with Crippen molar-refractivity contribution in [2.24, 2.45) is 5.92 Å². The lowest BCUT2D eigenvalue weighted by molar-refractivity contribution is 0.465. The van der Waals surface area contributed by atoms with Crippen LogP contribution in [0.3, 0.4) is 0 Å². The van der Waals surface area contributed by atoms with Gasteiger partial charge < -0.3 is 10.2 Å². The van der Waals surface area contributed by atoms with Gasteiger partial charge in [-0.05, 0) is 43.9 Å². The highest BCUT2D eigenvalue weighted by molar-refractivity contribution is 5.46. The van der Waals surface area contributed by atoms with E-state index in [0.29, 0.717) is 6.04 Å². The van der Waals surface area contributed by atoms with Crippen molar-refractivity contribution in [3.63, 3.8) is 0 Å². The molecule has 0 aromatic heterocycles. The Hall–Kier alpha value is -1.02. The Labute approximate surface area is 118 Å². The normalized spacial score (nSPS) is 16.3. The van der Waals surface area contributed by atoms with E-state index >= 15 is 0 Å². The van der Waals surface area contributed by atoms with Crippen LogP contribution in [0.5, 0.6) is 0 Å². The molecule has 0 heterocycles. The summed E-state index contributed by atoms with van der Waals surface area (Å²) in [5, 5.41) is 3.68. The molecule has 2 heteroatoms. The first-order chi connectivity index (χ1) is 9.35. The Balaban J connectivity index is 1.99. The Morgan fingerprint density at radius 1 is 1.21 bits per heavy atom. The maximum atomic E-state index is 3.68. The summed E-state index contributed by atoms with van der Waals surface area (Å²) in [5.74, 6) is 0.910.